The molecule has 0 heterocycles. The molecule has 0 aliphatic rings. The minimum atomic E-state index is -1.08. The van der Waals surface area contributed by atoms with Crippen LogP contribution < -0.4 is 41.0 Å². The molecule has 16 radical (unpaired) electrons. The van der Waals surface area contributed by atoms with Gasteiger partial charge in [0, 0.05) is 42.7 Å². The van der Waals surface area contributed by atoms with Crippen molar-refractivity contribution in [3.8, 4) is 0 Å². The van der Waals surface area contributed by atoms with E-state index in [1.54, 1.807) is 0 Å². The van der Waals surface area contributed by atoms with Gasteiger partial charge in [0.05, 0.1) is 0 Å². The van der Waals surface area contributed by atoms with E-state index in [-0.39, 0.29) is 47.5 Å². The quantitative estimate of drug-likeness (QED) is 0.408. The van der Waals surface area contributed by atoms with Crippen molar-refractivity contribution in [2.75, 3.05) is 0 Å². The third-order valence-electron chi connectivity index (χ3n) is 0. The number of hydrogen-bond acceptors (Lipinski definition) is 4. The van der Waals surface area contributed by atoms with Crippen LogP contribution in [-0.4, -0.2) is 11.9 Å². The van der Waals surface area contributed by atoms with Gasteiger partial charge in [-0.25, -0.2) is 0 Å². The van der Waals surface area contributed by atoms with Crippen LogP contribution in [0, 0.1) is 0 Å². The number of carbonyl (C=O) groups excluding carboxylic acids is 2. The van der Waals surface area contributed by atoms with Crippen LogP contribution in [0.2, 0.25) is 0 Å². The summed E-state index contributed by atoms with van der Waals surface area (Å²) < 4.78 is 0. The molecule has 0 amide bonds. The smallest absolute Gasteiger partial charge is 0.550 e. The Morgan fingerprint density at radius 1 is 0.714 bits per heavy atom. The molecule has 14 heavy (non-hydrogen) atoms. The van der Waals surface area contributed by atoms with Gasteiger partial charge in [-0.3, -0.25) is 0 Å². The summed E-state index contributed by atoms with van der Waals surface area (Å²) in [6, 6.07) is 0. The maximum Gasteiger partial charge on any atom is 2.00 e. The van der Waals surface area contributed by atoms with Gasteiger partial charge >= 0.3 is 16.8 Å². The Morgan fingerprint density at radius 2 is 0.714 bits per heavy atom. The number of nitrogens with zero attached hydrogens (tertiary/aromatic N) is 5. The predicted molar refractivity (Wildman–Crippen MR) is 32.0 cm³/mol. The van der Waals surface area contributed by atoms with Crippen LogP contribution in [0.3, 0.4) is 0 Å². The second kappa shape index (κ2) is 56.3. The molecule has 0 aromatic carbocycles. The molecule has 9 nitrogen and oxygen atoms in total. The van der Waals surface area contributed by atoms with E-state index in [2.05, 4.69) is 0 Å². The van der Waals surface area contributed by atoms with Crippen molar-refractivity contribution in [3.05, 3.63) is 0 Å². The monoisotopic (exact) mass is 247 g/mol. The van der Waals surface area contributed by atoms with Crippen LogP contribution in [0.5, 0.6) is 0 Å². The molecule has 0 aromatic rings. The van der Waals surface area contributed by atoms with Gasteiger partial charge in [-0.05, 0) is 13.8 Å². The molecule has 0 unspecified atom stereocenters. The van der Waals surface area contributed by atoms with Gasteiger partial charge < -0.3 is 19.8 Å². The number of aliphatic carboxylic acids is 2. The Labute approximate surface area is 93.8 Å². The zero-order valence-electron chi connectivity index (χ0n) is 7.20. The first-order chi connectivity index (χ1) is 3.46. The van der Waals surface area contributed by atoms with Crippen LogP contribution in [0.15, 0.2) is 0 Å². The zero-order chi connectivity index (χ0) is 7.15. The Balaban J connectivity index is -0.00000000600. The van der Waals surface area contributed by atoms with E-state index in [9.17, 15) is 0 Å². The summed E-state index contributed by atoms with van der Waals surface area (Å²) in [6.07, 6.45) is 0. The molecule has 0 aliphatic carbocycles. The molecule has 80 valence electrons. The van der Waals surface area contributed by atoms with Gasteiger partial charge in [-0.15, -0.1) is 0 Å². The van der Waals surface area contributed by atoms with Gasteiger partial charge in [-0.2, -0.15) is 0 Å². The van der Waals surface area contributed by atoms with Gasteiger partial charge in [0.15, 0.2) is 0 Å². The van der Waals surface area contributed by atoms with Crippen LogP contribution in [0.4, 0.5) is 0 Å². The molecule has 0 atom stereocenters. The number of carboxylic acid groups (broad SMARTS) is 2. The van der Waals surface area contributed by atoms with Gasteiger partial charge in [0.25, 0.3) is 0 Å². The normalized spacial score (nSPS) is 3.57. The molecule has 0 fully saturated rings. The van der Waals surface area contributed by atoms with E-state index in [1.165, 1.54) is 0 Å². The number of carboxylic acids is 2. The first-order valence-corrected chi connectivity index (χ1v) is 1.82. The largest absolute Gasteiger partial charge is 2.00 e. The predicted octanol–water partition coefficient (Wildman–Crippen LogP) is -4.89. The van der Waals surface area contributed by atoms with E-state index < -0.39 is 11.9 Å². The maximum atomic E-state index is 8.89. The van der Waals surface area contributed by atoms with Crippen molar-refractivity contribution < 1.29 is 36.6 Å². The van der Waals surface area contributed by atoms with Crippen molar-refractivity contribution >= 4 is 11.9 Å². The van der Waals surface area contributed by atoms with Crippen molar-refractivity contribution in [2.45, 2.75) is 13.8 Å². The van der Waals surface area contributed by atoms with E-state index >= 15 is 0 Å². The molecule has 0 spiro atoms. The molecular weight excluding hydrogens is 241 g/mol. The Hall–Kier alpha value is -0.754. The number of rotatable bonds is 0. The van der Waals surface area contributed by atoms with Crippen molar-refractivity contribution in [3.63, 3.8) is 0 Å². The summed E-state index contributed by atoms with van der Waals surface area (Å²) in [7, 11) is 0. The van der Waals surface area contributed by atoms with E-state index in [4.69, 9.17) is 19.8 Å². The van der Waals surface area contributed by atoms with Gasteiger partial charge in [0.2, 0.25) is 0 Å². The summed E-state index contributed by atoms with van der Waals surface area (Å²) in [6.45, 7) is 1.94. The average Bonchev–Trinajstić information content (AvgIpc) is 1.25. The zero-order valence-corrected chi connectivity index (χ0v) is 8.24. The molecule has 0 saturated heterocycles. The SMILES string of the molecule is CC(=O)[O-].CC(=O)[O-].[Co+2].[N].[N].[N].[N].[N]. The summed E-state index contributed by atoms with van der Waals surface area (Å²) in [5.41, 5.74) is 0. The van der Waals surface area contributed by atoms with Crippen molar-refractivity contribution in [1.29, 1.82) is 0 Å². The van der Waals surface area contributed by atoms with Crippen LogP contribution in [-0.2, 0) is 26.4 Å². The van der Waals surface area contributed by atoms with Crippen LogP contribution in [0.25, 0.3) is 0 Å². The third-order valence-corrected chi connectivity index (χ3v) is 0. The number of carbonyl (C=O) groups is 2. The third kappa shape index (κ3) is 2080. The molecule has 10 heteroatoms. The van der Waals surface area contributed by atoms with E-state index in [0.717, 1.165) is 13.8 Å². The standard InChI is InChI=1S/2C2H4O2.Co.5N/c2*1-2(3)4;;;;;;/h2*1H3,(H,3,4);;;;;;/q;;+2;;;;;/p-2. The Kier molecular flexibility index (Phi) is 290. The molecule has 0 rings (SSSR count). The maximum absolute atomic E-state index is 8.89. The fourth-order valence-electron chi connectivity index (χ4n) is 0. The summed E-state index contributed by atoms with van der Waals surface area (Å²) in [5.74, 6) is -2.17. The second-order valence-electron chi connectivity index (χ2n) is 0.983. The first kappa shape index (κ1) is 72.2. The van der Waals surface area contributed by atoms with Crippen molar-refractivity contribution in [2.24, 2.45) is 0 Å². The van der Waals surface area contributed by atoms with Crippen LogP contribution >= 0.6 is 0 Å². The molecule has 0 N–H and O–H groups in total. The fourth-order valence-corrected chi connectivity index (χ4v) is 0. The van der Waals surface area contributed by atoms with Gasteiger partial charge in [-0.1, -0.05) is 0 Å². The average molecular weight is 247 g/mol. The fraction of sp³-hybridized carbons (Fsp3) is 0.500. The van der Waals surface area contributed by atoms with E-state index in [1.807, 2.05) is 0 Å². The molecule has 0 aliphatic heterocycles. The topological polar surface area (TPSA) is 233 Å². The minimum absolute atomic E-state index is 0. The van der Waals surface area contributed by atoms with E-state index in [0.29, 0.717) is 0 Å². The van der Waals surface area contributed by atoms with Gasteiger partial charge in [0.1, 0.15) is 0 Å². The molecule has 0 bridgehead atoms. The first-order valence-electron chi connectivity index (χ1n) is 1.82. The Morgan fingerprint density at radius 3 is 0.714 bits per heavy atom. The Bertz CT molecular complexity index is 83.7. The summed E-state index contributed by atoms with van der Waals surface area (Å²) >= 11 is 0. The van der Waals surface area contributed by atoms with Crippen LogP contribution in [0.1, 0.15) is 13.8 Å². The molecule has 0 aromatic heterocycles. The second-order valence-corrected chi connectivity index (χ2v) is 0.983. The molecule has 0 saturated carbocycles. The molecular formula is C4H6CoN5O4. The summed E-state index contributed by atoms with van der Waals surface area (Å²) in [5, 5.41) is 17.8. The number of hydrogen-bond donors (Lipinski definition) is 0. The summed E-state index contributed by atoms with van der Waals surface area (Å²) in [4.78, 5) is 17.8. The minimum Gasteiger partial charge on any atom is -0.550 e. The van der Waals surface area contributed by atoms with Crippen molar-refractivity contribution in [1.82, 2.24) is 30.8 Å².